The zero-order valence-corrected chi connectivity index (χ0v) is 14.0. The highest BCUT2D eigenvalue weighted by Gasteiger charge is 2.38. The zero-order valence-electron chi connectivity index (χ0n) is 14.0. The summed E-state index contributed by atoms with van der Waals surface area (Å²) in [4.78, 5) is 37.7. The molecule has 7 nitrogen and oxygen atoms in total. The van der Waals surface area contributed by atoms with Gasteiger partial charge in [-0.25, -0.2) is 4.68 Å². The van der Waals surface area contributed by atoms with Crippen LogP contribution in [0.1, 0.15) is 23.1 Å². The Bertz CT molecular complexity index is 876. The molecule has 1 N–H and O–H groups in total. The van der Waals surface area contributed by atoms with Crippen molar-refractivity contribution in [2.45, 2.75) is 13.8 Å². The van der Waals surface area contributed by atoms with Crippen molar-refractivity contribution < 1.29 is 14.7 Å². The molecule has 1 aromatic heterocycles. The Labute approximate surface area is 144 Å². The maximum atomic E-state index is 12.7. The Hall–Kier alpha value is -2.96. The molecule has 0 bridgehead atoms. The third kappa shape index (κ3) is 3.17. The van der Waals surface area contributed by atoms with Gasteiger partial charge >= 0.3 is 5.97 Å². The minimum Gasteiger partial charge on any atom is -0.481 e. The number of carboxylic acids is 1. The number of aryl methyl sites for hydroxylation is 1. The molecular formula is C18H19N3O4. The van der Waals surface area contributed by atoms with E-state index in [1.54, 1.807) is 18.5 Å². The Morgan fingerprint density at radius 1 is 1.20 bits per heavy atom. The summed E-state index contributed by atoms with van der Waals surface area (Å²) in [6, 6.07) is 10.6. The first-order valence-corrected chi connectivity index (χ1v) is 8.07. The Morgan fingerprint density at radius 3 is 2.48 bits per heavy atom. The van der Waals surface area contributed by atoms with Crippen molar-refractivity contribution in [1.29, 1.82) is 0 Å². The number of benzene rings is 1. The lowest BCUT2D eigenvalue weighted by molar-refractivity contribution is -0.142. The van der Waals surface area contributed by atoms with Gasteiger partial charge in [-0.3, -0.25) is 14.4 Å². The fraction of sp³-hybridized carbons (Fsp3) is 0.333. The molecule has 0 aliphatic carbocycles. The number of hydrogen-bond acceptors (Lipinski definition) is 4. The second kappa shape index (κ2) is 6.51. The molecule has 1 aromatic carbocycles. The van der Waals surface area contributed by atoms with Gasteiger partial charge < -0.3 is 10.0 Å². The number of nitrogens with zero attached hydrogens (tertiary/aromatic N) is 3. The van der Waals surface area contributed by atoms with Crippen molar-refractivity contribution in [1.82, 2.24) is 14.7 Å². The molecular weight excluding hydrogens is 322 g/mol. The van der Waals surface area contributed by atoms with Crippen LogP contribution < -0.4 is 5.43 Å². The van der Waals surface area contributed by atoms with Crippen molar-refractivity contribution in [3.8, 4) is 5.69 Å². The third-order valence-electron chi connectivity index (χ3n) is 4.53. The van der Waals surface area contributed by atoms with Crippen LogP contribution in [0.25, 0.3) is 5.69 Å². The van der Waals surface area contributed by atoms with Crippen LogP contribution in [-0.2, 0) is 4.79 Å². The van der Waals surface area contributed by atoms with Crippen molar-refractivity contribution in [3.63, 3.8) is 0 Å². The van der Waals surface area contributed by atoms with Gasteiger partial charge in [0.15, 0.2) is 5.69 Å². The maximum absolute atomic E-state index is 12.7. The second-order valence-electron chi connectivity index (χ2n) is 6.38. The minimum atomic E-state index is -0.929. The van der Waals surface area contributed by atoms with Gasteiger partial charge in [0.05, 0.1) is 11.6 Å². The molecule has 1 saturated heterocycles. The molecule has 0 unspecified atom stereocenters. The number of likely N-dealkylation sites (tertiary alicyclic amines) is 1. The molecule has 0 radical (unpaired) electrons. The van der Waals surface area contributed by atoms with Crippen LogP contribution in [0.2, 0.25) is 0 Å². The number of hydrogen-bond donors (Lipinski definition) is 1. The Kier molecular flexibility index (Phi) is 4.39. The summed E-state index contributed by atoms with van der Waals surface area (Å²) < 4.78 is 1.54. The quantitative estimate of drug-likeness (QED) is 0.909. The standard InChI is InChI=1S/C18H19N3O4/c1-11-9-20(10-14(11)18(24)25)17(23)16-15(22)8-12(2)21(19-16)13-6-4-3-5-7-13/h3-8,11,14H,9-10H2,1-2H3,(H,24,25)/t11-,14-/m1/s1. The molecule has 7 heteroatoms. The van der Waals surface area contributed by atoms with Gasteiger partial charge in [0.25, 0.3) is 5.91 Å². The number of carbonyl (C=O) groups excluding carboxylic acids is 1. The highest BCUT2D eigenvalue weighted by atomic mass is 16.4. The van der Waals surface area contributed by atoms with Crippen molar-refractivity contribution >= 4 is 11.9 Å². The van der Waals surface area contributed by atoms with Gasteiger partial charge in [0.2, 0.25) is 5.43 Å². The number of amides is 1. The van der Waals surface area contributed by atoms with Gasteiger partial charge in [-0.2, -0.15) is 5.10 Å². The fourth-order valence-corrected chi connectivity index (χ4v) is 3.13. The van der Waals surface area contributed by atoms with Crippen molar-refractivity contribution in [2.75, 3.05) is 13.1 Å². The van der Waals surface area contributed by atoms with Gasteiger partial charge in [-0.15, -0.1) is 0 Å². The normalized spacial score (nSPS) is 19.8. The number of carboxylic acid groups (broad SMARTS) is 1. The summed E-state index contributed by atoms with van der Waals surface area (Å²) in [7, 11) is 0. The lowest BCUT2D eigenvalue weighted by Gasteiger charge is -2.16. The summed E-state index contributed by atoms with van der Waals surface area (Å²) in [5.74, 6) is -2.24. The topological polar surface area (TPSA) is 92.5 Å². The molecule has 1 aliphatic heterocycles. The average Bonchev–Trinajstić information content (AvgIpc) is 2.97. The predicted octanol–water partition coefficient (Wildman–Crippen LogP) is 1.33. The fourth-order valence-electron chi connectivity index (χ4n) is 3.13. The molecule has 2 atom stereocenters. The number of carbonyl (C=O) groups is 2. The number of aromatic nitrogens is 2. The largest absolute Gasteiger partial charge is 0.481 e. The smallest absolute Gasteiger partial charge is 0.308 e. The van der Waals surface area contributed by atoms with E-state index in [1.165, 1.54) is 11.0 Å². The van der Waals surface area contributed by atoms with Crippen molar-refractivity contribution in [3.05, 3.63) is 58.0 Å². The molecule has 25 heavy (non-hydrogen) atoms. The van der Waals surface area contributed by atoms with Crippen LogP contribution in [0.15, 0.2) is 41.2 Å². The van der Waals surface area contributed by atoms with E-state index in [0.29, 0.717) is 12.2 Å². The number of aliphatic carboxylic acids is 1. The molecule has 1 fully saturated rings. The molecule has 3 rings (SSSR count). The Balaban J connectivity index is 1.96. The van der Waals surface area contributed by atoms with E-state index in [1.807, 2.05) is 30.3 Å². The van der Waals surface area contributed by atoms with E-state index in [0.717, 1.165) is 5.69 Å². The van der Waals surface area contributed by atoms with E-state index >= 15 is 0 Å². The summed E-state index contributed by atoms with van der Waals surface area (Å²) in [6.45, 7) is 3.93. The lowest BCUT2D eigenvalue weighted by atomic mass is 9.99. The molecule has 0 saturated carbocycles. The first-order valence-electron chi connectivity index (χ1n) is 8.07. The van der Waals surface area contributed by atoms with Crippen LogP contribution in [0, 0.1) is 18.8 Å². The van der Waals surface area contributed by atoms with Gasteiger partial charge in [0, 0.05) is 24.8 Å². The Morgan fingerprint density at radius 2 is 1.88 bits per heavy atom. The summed E-state index contributed by atoms with van der Waals surface area (Å²) in [6.07, 6.45) is 0. The number of rotatable bonds is 3. The summed E-state index contributed by atoms with van der Waals surface area (Å²) in [5, 5.41) is 13.5. The molecule has 1 amide bonds. The molecule has 2 heterocycles. The van der Waals surface area contributed by atoms with Crippen LogP contribution >= 0.6 is 0 Å². The second-order valence-corrected chi connectivity index (χ2v) is 6.38. The summed E-state index contributed by atoms with van der Waals surface area (Å²) in [5.41, 5.74) is 0.715. The van der Waals surface area contributed by atoms with E-state index in [2.05, 4.69) is 5.10 Å². The molecule has 2 aromatic rings. The van der Waals surface area contributed by atoms with E-state index in [4.69, 9.17) is 0 Å². The monoisotopic (exact) mass is 341 g/mol. The molecule has 1 aliphatic rings. The molecule has 0 spiro atoms. The highest BCUT2D eigenvalue weighted by molar-refractivity contribution is 5.92. The maximum Gasteiger partial charge on any atom is 0.308 e. The van der Waals surface area contributed by atoms with E-state index < -0.39 is 23.2 Å². The van der Waals surface area contributed by atoms with E-state index in [9.17, 15) is 19.5 Å². The van der Waals surface area contributed by atoms with Crippen LogP contribution in [-0.4, -0.2) is 44.8 Å². The van der Waals surface area contributed by atoms with Crippen molar-refractivity contribution in [2.24, 2.45) is 11.8 Å². The first-order chi connectivity index (χ1) is 11.9. The molecule has 130 valence electrons. The zero-order chi connectivity index (χ0) is 18.1. The highest BCUT2D eigenvalue weighted by Crippen LogP contribution is 2.24. The summed E-state index contributed by atoms with van der Waals surface area (Å²) >= 11 is 0. The predicted molar refractivity (Wildman–Crippen MR) is 90.8 cm³/mol. The minimum absolute atomic E-state index is 0.0929. The van der Waals surface area contributed by atoms with Crippen LogP contribution in [0.3, 0.4) is 0 Å². The van der Waals surface area contributed by atoms with E-state index in [-0.39, 0.29) is 18.2 Å². The van der Waals surface area contributed by atoms with Crippen LogP contribution in [0.5, 0.6) is 0 Å². The SMILES string of the molecule is Cc1cc(=O)c(C(=O)N2C[C@@H](C)[C@H](C(=O)O)C2)nn1-c1ccccc1. The first kappa shape index (κ1) is 16.9. The van der Waals surface area contributed by atoms with Gasteiger partial charge in [-0.1, -0.05) is 25.1 Å². The van der Waals surface area contributed by atoms with Crippen LogP contribution in [0.4, 0.5) is 0 Å². The number of para-hydroxylation sites is 1. The van der Waals surface area contributed by atoms with Gasteiger partial charge in [-0.05, 0) is 25.0 Å². The average molecular weight is 341 g/mol. The third-order valence-corrected chi connectivity index (χ3v) is 4.53. The lowest BCUT2D eigenvalue weighted by Crippen LogP contribution is -2.35. The van der Waals surface area contributed by atoms with Gasteiger partial charge in [0.1, 0.15) is 0 Å².